The number of aromatic amines is 1. The zero-order valence-corrected chi connectivity index (χ0v) is 13.7. The molecule has 1 heterocycles. The average Bonchev–Trinajstić information content (AvgIpc) is 2.61. The highest BCUT2D eigenvalue weighted by molar-refractivity contribution is 5.98. The molecule has 0 spiro atoms. The van der Waals surface area contributed by atoms with Gasteiger partial charge in [-0.1, -0.05) is 44.2 Å². The molecule has 3 rings (SSSR count). The van der Waals surface area contributed by atoms with Crippen LogP contribution >= 0.6 is 0 Å². The molecule has 1 aromatic heterocycles. The van der Waals surface area contributed by atoms with E-state index in [0.29, 0.717) is 22.9 Å². The molecule has 0 radical (unpaired) electrons. The van der Waals surface area contributed by atoms with E-state index in [-0.39, 0.29) is 11.1 Å². The van der Waals surface area contributed by atoms with Gasteiger partial charge in [0.1, 0.15) is 5.69 Å². The first-order valence-electron chi connectivity index (χ1n) is 8.07. The van der Waals surface area contributed by atoms with Crippen molar-refractivity contribution in [1.82, 2.24) is 4.98 Å². The molecule has 2 N–H and O–H groups in total. The monoisotopic (exact) mass is 321 g/mol. The molecule has 4 heteroatoms. The lowest BCUT2D eigenvalue weighted by atomic mass is 9.96. The summed E-state index contributed by atoms with van der Waals surface area (Å²) in [6, 6.07) is 13.6. The quantitative estimate of drug-likeness (QED) is 0.762. The minimum absolute atomic E-state index is 0.0172. The second-order valence-electron chi connectivity index (χ2n) is 5.75. The lowest BCUT2D eigenvalue weighted by molar-refractivity contribution is 0.0689. The normalized spacial score (nSPS) is 10.9. The molecule has 3 aromatic rings. The summed E-state index contributed by atoms with van der Waals surface area (Å²) in [5, 5.41) is 10.0. The summed E-state index contributed by atoms with van der Waals surface area (Å²) in [6.07, 6.45) is 1.18. The lowest BCUT2D eigenvalue weighted by Crippen LogP contribution is -2.18. The summed E-state index contributed by atoms with van der Waals surface area (Å²) >= 11 is 0. The molecule has 0 fully saturated rings. The third-order valence-corrected chi connectivity index (χ3v) is 4.33. The van der Waals surface area contributed by atoms with Crippen molar-refractivity contribution >= 4 is 16.9 Å². The summed E-state index contributed by atoms with van der Waals surface area (Å²) in [4.78, 5) is 27.4. The van der Waals surface area contributed by atoms with Crippen molar-refractivity contribution < 1.29 is 9.90 Å². The standard InChI is InChI=1S/C20H19NO3/c1-3-12-10-15(13-8-6-5-7-9-13)17-16(11-12)19(22)14(4-2)18(21-17)20(23)24/h5-11H,3-4H2,1-2H3,(H,21,22)(H,23,24). The Morgan fingerprint density at radius 1 is 1.08 bits per heavy atom. The van der Waals surface area contributed by atoms with Crippen molar-refractivity contribution in [2.75, 3.05) is 0 Å². The Morgan fingerprint density at radius 2 is 1.79 bits per heavy atom. The number of aryl methyl sites for hydroxylation is 1. The maximum absolute atomic E-state index is 12.9. The van der Waals surface area contributed by atoms with E-state index in [9.17, 15) is 14.7 Å². The highest BCUT2D eigenvalue weighted by atomic mass is 16.4. The van der Waals surface area contributed by atoms with E-state index < -0.39 is 5.97 Å². The van der Waals surface area contributed by atoms with Crippen LogP contribution in [0, 0.1) is 0 Å². The molecule has 0 saturated heterocycles. The van der Waals surface area contributed by atoms with Gasteiger partial charge in [0.25, 0.3) is 0 Å². The zero-order valence-electron chi connectivity index (χ0n) is 13.7. The molecule has 0 aliphatic carbocycles. The Hall–Kier alpha value is -2.88. The van der Waals surface area contributed by atoms with Crippen LogP contribution in [0.2, 0.25) is 0 Å². The molecular formula is C20H19NO3. The van der Waals surface area contributed by atoms with Gasteiger partial charge in [-0.2, -0.15) is 0 Å². The number of aromatic carboxylic acids is 1. The molecular weight excluding hydrogens is 302 g/mol. The highest BCUT2D eigenvalue weighted by Gasteiger charge is 2.18. The fourth-order valence-corrected chi connectivity index (χ4v) is 3.06. The number of hydrogen-bond acceptors (Lipinski definition) is 2. The van der Waals surface area contributed by atoms with E-state index in [2.05, 4.69) is 4.98 Å². The number of H-pyrrole nitrogens is 1. The number of pyridine rings is 1. The minimum atomic E-state index is -1.11. The van der Waals surface area contributed by atoms with Crippen LogP contribution in [0.5, 0.6) is 0 Å². The van der Waals surface area contributed by atoms with Crippen LogP contribution in [0.1, 0.15) is 35.5 Å². The van der Waals surface area contributed by atoms with E-state index in [1.807, 2.05) is 49.4 Å². The summed E-state index contributed by atoms with van der Waals surface area (Å²) in [6.45, 7) is 3.83. The highest BCUT2D eigenvalue weighted by Crippen LogP contribution is 2.28. The van der Waals surface area contributed by atoms with Crippen molar-refractivity contribution in [1.29, 1.82) is 0 Å². The number of fused-ring (bicyclic) bond motifs is 1. The van der Waals surface area contributed by atoms with Crippen LogP contribution in [0.4, 0.5) is 0 Å². The third kappa shape index (κ3) is 2.60. The molecule has 122 valence electrons. The molecule has 0 atom stereocenters. The zero-order chi connectivity index (χ0) is 17.3. The van der Waals surface area contributed by atoms with E-state index in [4.69, 9.17) is 0 Å². The van der Waals surface area contributed by atoms with Gasteiger partial charge in [0.2, 0.25) is 0 Å². The van der Waals surface area contributed by atoms with Crippen molar-refractivity contribution in [2.45, 2.75) is 26.7 Å². The first kappa shape index (κ1) is 16.0. The summed E-state index contributed by atoms with van der Waals surface area (Å²) in [5.41, 5.74) is 3.55. The van der Waals surface area contributed by atoms with E-state index in [0.717, 1.165) is 23.1 Å². The second-order valence-corrected chi connectivity index (χ2v) is 5.75. The Bertz CT molecular complexity index is 972. The van der Waals surface area contributed by atoms with Crippen LogP contribution in [-0.4, -0.2) is 16.1 Å². The smallest absolute Gasteiger partial charge is 0.352 e. The lowest BCUT2D eigenvalue weighted by Gasteiger charge is -2.13. The number of aromatic nitrogens is 1. The summed E-state index contributed by atoms with van der Waals surface area (Å²) < 4.78 is 0. The van der Waals surface area contributed by atoms with Gasteiger partial charge in [-0.15, -0.1) is 0 Å². The molecule has 2 aromatic carbocycles. The Morgan fingerprint density at radius 3 is 2.38 bits per heavy atom. The van der Waals surface area contributed by atoms with Crippen LogP contribution in [0.15, 0.2) is 47.3 Å². The fraction of sp³-hybridized carbons (Fsp3) is 0.200. The van der Waals surface area contributed by atoms with Gasteiger partial charge < -0.3 is 10.1 Å². The molecule has 4 nitrogen and oxygen atoms in total. The Kier molecular flexibility index (Phi) is 4.21. The van der Waals surface area contributed by atoms with Crippen molar-refractivity contribution in [2.24, 2.45) is 0 Å². The largest absolute Gasteiger partial charge is 0.477 e. The number of carboxylic acid groups (broad SMARTS) is 1. The number of carbonyl (C=O) groups is 1. The number of hydrogen-bond donors (Lipinski definition) is 2. The van der Waals surface area contributed by atoms with Gasteiger partial charge in [0.05, 0.1) is 5.52 Å². The number of benzene rings is 2. The molecule has 0 unspecified atom stereocenters. The first-order valence-corrected chi connectivity index (χ1v) is 8.07. The molecule has 0 bridgehead atoms. The third-order valence-electron chi connectivity index (χ3n) is 4.33. The van der Waals surface area contributed by atoms with E-state index >= 15 is 0 Å². The molecule has 0 aliphatic rings. The second kappa shape index (κ2) is 6.32. The molecule has 0 saturated carbocycles. The molecule has 24 heavy (non-hydrogen) atoms. The summed E-state index contributed by atoms with van der Waals surface area (Å²) in [5.74, 6) is -1.11. The van der Waals surface area contributed by atoms with E-state index in [1.165, 1.54) is 0 Å². The van der Waals surface area contributed by atoms with Gasteiger partial charge in [0.15, 0.2) is 5.43 Å². The number of rotatable bonds is 4. The fourth-order valence-electron chi connectivity index (χ4n) is 3.06. The first-order chi connectivity index (χ1) is 11.6. The van der Waals surface area contributed by atoms with Crippen LogP contribution in [0.25, 0.3) is 22.0 Å². The van der Waals surface area contributed by atoms with Crippen LogP contribution in [0.3, 0.4) is 0 Å². The SMILES string of the molecule is CCc1cc(-c2ccccc2)c2[nH]c(C(=O)O)c(CC)c(=O)c2c1. The molecule has 0 amide bonds. The van der Waals surface area contributed by atoms with Gasteiger partial charge in [-0.05, 0) is 36.1 Å². The maximum atomic E-state index is 12.9. The van der Waals surface area contributed by atoms with Crippen molar-refractivity contribution in [3.63, 3.8) is 0 Å². The minimum Gasteiger partial charge on any atom is -0.477 e. The van der Waals surface area contributed by atoms with Gasteiger partial charge >= 0.3 is 5.97 Å². The van der Waals surface area contributed by atoms with E-state index in [1.54, 1.807) is 6.92 Å². The van der Waals surface area contributed by atoms with Gasteiger partial charge in [0, 0.05) is 16.5 Å². The number of carboxylic acids is 1. The molecule has 0 aliphatic heterocycles. The van der Waals surface area contributed by atoms with Gasteiger partial charge in [-0.25, -0.2) is 4.79 Å². The van der Waals surface area contributed by atoms with Crippen molar-refractivity contribution in [3.05, 3.63) is 69.5 Å². The predicted octanol–water partition coefficient (Wildman–Crippen LogP) is 4.02. The maximum Gasteiger partial charge on any atom is 0.352 e. The van der Waals surface area contributed by atoms with Crippen molar-refractivity contribution in [3.8, 4) is 11.1 Å². The predicted molar refractivity (Wildman–Crippen MR) is 95.7 cm³/mol. The number of nitrogens with one attached hydrogen (secondary N) is 1. The van der Waals surface area contributed by atoms with Gasteiger partial charge in [-0.3, -0.25) is 4.79 Å². The summed E-state index contributed by atoms with van der Waals surface area (Å²) in [7, 11) is 0. The van der Waals surface area contributed by atoms with Crippen LogP contribution < -0.4 is 5.43 Å². The topological polar surface area (TPSA) is 70.2 Å². The van der Waals surface area contributed by atoms with Crippen LogP contribution in [-0.2, 0) is 12.8 Å². The Balaban J connectivity index is 2.48. The Labute approximate surface area is 139 Å². The average molecular weight is 321 g/mol.